The van der Waals surface area contributed by atoms with Crippen molar-refractivity contribution in [1.29, 1.82) is 0 Å². The minimum atomic E-state index is -3.66. The number of pyridine rings is 1. The Morgan fingerprint density at radius 2 is 1.84 bits per heavy atom. The number of ether oxygens (including phenoxy) is 1. The molecule has 0 radical (unpaired) electrons. The van der Waals surface area contributed by atoms with Gasteiger partial charge in [-0.25, -0.2) is 13.4 Å². The molecule has 4 rings (SSSR count). The minimum absolute atomic E-state index is 0.234. The molecule has 1 aromatic carbocycles. The molecule has 1 aliphatic rings. The molecule has 5 nitrogen and oxygen atoms in total. The highest BCUT2D eigenvalue weighted by molar-refractivity contribution is 7.93. The lowest BCUT2D eigenvalue weighted by molar-refractivity contribution is 0.122. The van der Waals surface area contributed by atoms with E-state index in [0.29, 0.717) is 35.5 Å². The predicted octanol–water partition coefficient (Wildman–Crippen LogP) is 3.62. The third-order valence-electron chi connectivity index (χ3n) is 4.10. The number of hydrogen-bond acceptors (Lipinski definition) is 6. The molecule has 3 heterocycles. The second-order valence-electron chi connectivity index (χ2n) is 5.65. The number of rotatable bonds is 3. The van der Waals surface area contributed by atoms with E-state index in [1.54, 1.807) is 30.5 Å². The fourth-order valence-corrected chi connectivity index (χ4v) is 6.08. The van der Waals surface area contributed by atoms with Gasteiger partial charge in [-0.15, -0.1) is 11.3 Å². The maximum Gasteiger partial charge on any atom is 0.218 e. The van der Waals surface area contributed by atoms with Crippen LogP contribution in [0.1, 0.15) is 0 Å². The van der Waals surface area contributed by atoms with E-state index >= 15 is 0 Å². The molecule has 0 amide bonds. The van der Waals surface area contributed by atoms with Gasteiger partial charge in [0.15, 0.2) is 4.21 Å². The van der Waals surface area contributed by atoms with Crippen LogP contribution in [0, 0.1) is 0 Å². The lowest BCUT2D eigenvalue weighted by Gasteiger charge is -2.29. The molecule has 0 bridgehead atoms. The highest BCUT2D eigenvalue weighted by Crippen LogP contribution is 2.43. The number of hydrogen-bond donors (Lipinski definition) is 0. The molecule has 0 atom stereocenters. The molecular weight excluding hydrogens is 380 g/mol. The van der Waals surface area contributed by atoms with Crippen LogP contribution in [0.5, 0.6) is 0 Å². The van der Waals surface area contributed by atoms with Gasteiger partial charge in [-0.3, -0.25) is 0 Å². The van der Waals surface area contributed by atoms with E-state index in [2.05, 4.69) is 9.88 Å². The zero-order valence-corrected chi connectivity index (χ0v) is 15.6. The van der Waals surface area contributed by atoms with Gasteiger partial charge in [0.2, 0.25) is 9.84 Å². The van der Waals surface area contributed by atoms with E-state index in [9.17, 15) is 8.42 Å². The van der Waals surface area contributed by atoms with Crippen molar-refractivity contribution in [3.63, 3.8) is 0 Å². The molecule has 130 valence electrons. The van der Waals surface area contributed by atoms with Crippen LogP contribution in [0.15, 0.2) is 51.7 Å². The number of benzene rings is 1. The lowest BCUT2D eigenvalue weighted by Crippen LogP contribution is -2.36. The highest BCUT2D eigenvalue weighted by atomic mass is 35.5. The van der Waals surface area contributed by atoms with Crippen LogP contribution in [0.25, 0.3) is 10.2 Å². The number of halogens is 1. The predicted molar refractivity (Wildman–Crippen MR) is 99.6 cm³/mol. The summed E-state index contributed by atoms with van der Waals surface area (Å²) in [7, 11) is -3.66. The summed E-state index contributed by atoms with van der Waals surface area (Å²) in [5.41, 5.74) is 0.728. The normalized spacial score (nSPS) is 15.6. The Bertz CT molecular complexity index is 1010. The number of anilines is 1. The summed E-state index contributed by atoms with van der Waals surface area (Å²) in [6, 6.07) is 10.0. The van der Waals surface area contributed by atoms with Gasteiger partial charge >= 0.3 is 0 Å². The molecular formula is C17H15ClN2O3S2. The van der Waals surface area contributed by atoms with Crippen molar-refractivity contribution in [2.45, 2.75) is 9.10 Å². The summed E-state index contributed by atoms with van der Waals surface area (Å²) in [6.07, 6.45) is 1.68. The molecule has 0 saturated carbocycles. The molecule has 0 spiro atoms. The van der Waals surface area contributed by atoms with Crippen LogP contribution >= 0.6 is 22.9 Å². The first kappa shape index (κ1) is 16.8. The van der Waals surface area contributed by atoms with Crippen LogP contribution in [0.3, 0.4) is 0 Å². The summed E-state index contributed by atoms with van der Waals surface area (Å²) in [6.45, 7) is 2.48. The van der Waals surface area contributed by atoms with Crippen molar-refractivity contribution in [3.05, 3.63) is 47.6 Å². The summed E-state index contributed by atoms with van der Waals surface area (Å²) in [5, 5.41) is 1.37. The van der Waals surface area contributed by atoms with Gasteiger partial charge in [-0.1, -0.05) is 11.6 Å². The van der Waals surface area contributed by atoms with Crippen molar-refractivity contribution in [1.82, 2.24) is 4.98 Å². The molecule has 2 aromatic heterocycles. The van der Waals surface area contributed by atoms with Crippen molar-refractivity contribution in [3.8, 4) is 0 Å². The Balaban J connectivity index is 1.92. The van der Waals surface area contributed by atoms with Crippen LogP contribution in [-0.2, 0) is 14.6 Å². The molecule has 0 aliphatic carbocycles. The van der Waals surface area contributed by atoms with Crippen LogP contribution < -0.4 is 4.90 Å². The van der Waals surface area contributed by atoms with E-state index in [1.165, 1.54) is 11.3 Å². The number of nitrogens with zero attached hydrogens (tertiary/aromatic N) is 2. The first-order chi connectivity index (χ1) is 12.1. The lowest BCUT2D eigenvalue weighted by atomic mass is 10.2. The number of sulfone groups is 1. The molecule has 1 saturated heterocycles. The topological polar surface area (TPSA) is 59.5 Å². The van der Waals surface area contributed by atoms with Gasteiger partial charge in [0.25, 0.3) is 0 Å². The fraction of sp³-hybridized carbons (Fsp3) is 0.235. The quantitative estimate of drug-likeness (QED) is 0.679. The van der Waals surface area contributed by atoms with Crippen molar-refractivity contribution in [2.75, 3.05) is 31.2 Å². The number of thiophene rings is 1. The summed E-state index contributed by atoms with van der Waals surface area (Å²) in [4.78, 5) is 7.38. The standard InChI is InChI=1S/C17H15ClN2O3S2/c18-12-3-5-13(6-4-12)25(21,22)17-15(20-8-10-23-11-9-20)14-2-1-7-19-16(14)24-17/h1-7H,8-11H2. The maximum atomic E-state index is 13.3. The average Bonchev–Trinajstić information content (AvgIpc) is 3.03. The fourth-order valence-electron chi connectivity index (χ4n) is 2.89. The molecule has 0 N–H and O–H groups in total. The van der Waals surface area contributed by atoms with Gasteiger partial charge in [0.05, 0.1) is 23.8 Å². The van der Waals surface area contributed by atoms with E-state index in [4.69, 9.17) is 16.3 Å². The monoisotopic (exact) mass is 394 g/mol. The van der Waals surface area contributed by atoms with Crippen molar-refractivity contribution >= 4 is 48.7 Å². The van der Waals surface area contributed by atoms with E-state index in [0.717, 1.165) is 15.9 Å². The summed E-state index contributed by atoms with van der Waals surface area (Å²) < 4.78 is 32.3. The molecule has 0 unspecified atom stereocenters. The summed E-state index contributed by atoms with van der Waals surface area (Å²) in [5.74, 6) is 0. The molecule has 25 heavy (non-hydrogen) atoms. The van der Waals surface area contributed by atoms with Gasteiger partial charge in [0, 0.05) is 29.7 Å². The van der Waals surface area contributed by atoms with E-state index in [1.807, 2.05) is 12.1 Å². The number of aromatic nitrogens is 1. The third kappa shape index (κ3) is 3.01. The molecule has 8 heteroatoms. The van der Waals surface area contributed by atoms with Crippen molar-refractivity contribution < 1.29 is 13.2 Å². The van der Waals surface area contributed by atoms with E-state index in [-0.39, 0.29) is 4.90 Å². The average molecular weight is 395 g/mol. The number of morpholine rings is 1. The molecule has 3 aromatic rings. The molecule has 1 aliphatic heterocycles. The van der Waals surface area contributed by atoms with Crippen LogP contribution in [0.2, 0.25) is 5.02 Å². The highest BCUT2D eigenvalue weighted by Gasteiger charge is 2.30. The Morgan fingerprint density at radius 1 is 1.12 bits per heavy atom. The Morgan fingerprint density at radius 3 is 2.56 bits per heavy atom. The minimum Gasteiger partial charge on any atom is -0.378 e. The zero-order valence-electron chi connectivity index (χ0n) is 13.2. The Kier molecular flexibility index (Phi) is 4.41. The third-order valence-corrected chi connectivity index (χ3v) is 7.74. The van der Waals surface area contributed by atoms with Crippen molar-refractivity contribution in [2.24, 2.45) is 0 Å². The second kappa shape index (κ2) is 6.57. The Hall–Kier alpha value is -1.67. The van der Waals surface area contributed by atoms with Crippen LogP contribution in [0.4, 0.5) is 5.69 Å². The van der Waals surface area contributed by atoms with Gasteiger partial charge in [-0.2, -0.15) is 0 Å². The molecule has 1 fully saturated rings. The van der Waals surface area contributed by atoms with Gasteiger partial charge < -0.3 is 9.64 Å². The largest absolute Gasteiger partial charge is 0.378 e. The van der Waals surface area contributed by atoms with Gasteiger partial charge in [-0.05, 0) is 36.4 Å². The van der Waals surface area contributed by atoms with Gasteiger partial charge in [0.1, 0.15) is 4.83 Å². The zero-order chi connectivity index (χ0) is 17.4. The smallest absolute Gasteiger partial charge is 0.218 e. The Labute approximate surface area is 154 Å². The SMILES string of the molecule is O=S(=O)(c1ccc(Cl)cc1)c1sc2ncccc2c1N1CCOCC1. The first-order valence-corrected chi connectivity index (χ1v) is 10.5. The number of fused-ring (bicyclic) bond motifs is 1. The first-order valence-electron chi connectivity index (χ1n) is 7.78. The second-order valence-corrected chi connectivity index (χ2v) is 9.23. The van der Waals surface area contributed by atoms with E-state index < -0.39 is 9.84 Å². The maximum absolute atomic E-state index is 13.3. The summed E-state index contributed by atoms with van der Waals surface area (Å²) >= 11 is 7.11. The van der Waals surface area contributed by atoms with Crippen LogP contribution in [-0.4, -0.2) is 39.7 Å².